The van der Waals surface area contributed by atoms with Gasteiger partial charge in [0.05, 0.1) is 30.5 Å². The molecule has 0 aliphatic rings. The summed E-state index contributed by atoms with van der Waals surface area (Å²) in [5.41, 5.74) is 1.67. The van der Waals surface area contributed by atoms with E-state index in [0.29, 0.717) is 18.2 Å². The van der Waals surface area contributed by atoms with Crippen LogP contribution in [0.2, 0.25) is 0 Å². The standard InChI is InChI=1S/C19H18FN3O2S/c1-2-9-21-18(24)13-26-19-22-11-17(14-5-7-15(20)8-6-14)23(19)12-16-4-3-10-25-16/h2-8,10-11H,1,9,12-13H2,(H,21,24). The van der Waals surface area contributed by atoms with Crippen molar-refractivity contribution in [3.05, 3.63) is 73.1 Å². The van der Waals surface area contributed by atoms with Crippen molar-refractivity contribution < 1.29 is 13.6 Å². The second kappa shape index (κ2) is 8.53. The van der Waals surface area contributed by atoms with Gasteiger partial charge in [0.15, 0.2) is 5.16 Å². The fourth-order valence-electron chi connectivity index (χ4n) is 2.40. The number of aromatic nitrogens is 2. The number of furan rings is 1. The maximum Gasteiger partial charge on any atom is 0.230 e. The molecule has 2 heterocycles. The minimum atomic E-state index is -0.292. The molecule has 0 unspecified atom stereocenters. The van der Waals surface area contributed by atoms with Crippen LogP contribution in [0.4, 0.5) is 4.39 Å². The lowest BCUT2D eigenvalue weighted by Gasteiger charge is -2.11. The van der Waals surface area contributed by atoms with E-state index in [2.05, 4.69) is 16.9 Å². The highest BCUT2D eigenvalue weighted by Gasteiger charge is 2.15. The topological polar surface area (TPSA) is 60.1 Å². The van der Waals surface area contributed by atoms with Crippen molar-refractivity contribution in [2.24, 2.45) is 0 Å². The molecule has 3 aromatic rings. The molecule has 0 atom stereocenters. The van der Waals surface area contributed by atoms with Gasteiger partial charge in [0.2, 0.25) is 5.91 Å². The summed E-state index contributed by atoms with van der Waals surface area (Å²) in [6.07, 6.45) is 4.96. The van der Waals surface area contributed by atoms with Crippen molar-refractivity contribution in [2.75, 3.05) is 12.3 Å². The van der Waals surface area contributed by atoms with E-state index in [1.54, 1.807) is 30.7 Å². The maximum atomic E-state index is 13.2. The van der Waals surface area contributed by atoms with Gasteiger partial charge < -0.3 is 14.3 Å². The zero-order chi connectivity index (χ0) is 18.4. The summed E-state index contributed by atoms with van der Waals surface area (Å²) in [5.74, 6) is 0.626. The Kier molecular flexibility index (Phi) is 5.91. The molecule has 0 fully saturated rings. The molecule has 2 aromatic heterocycles. The lowest BCUT2D eigenvalue weighted by atomic mass is 10.1. The van der Waals surface area contributed by atoms with E-state index in [0.717, 1.165) is 17.0 Å². The van der Waals surface area contributed by atoms with Crippen LogP contribution in [0, 0.1) is 5.82 Å². The maximum absolute atomic E-state index is 13.2. The average molecular weight is 371 g/mol. The van der Waals surface area contributed by atoms with E-state index >= 15 is 0 Å². The number of hydrogen-bond donors (Lipinski definition) is 1. The van der Waals surface area contributed by atoms with Crippen LogP contribution in [-0.4, -0.2) is 27.8 Å². The molecule has 5 nitrogen and oxygen atoms in total. The van der Waals surface area contributed by atoms with Gasteiger partial charge in [-0.2, -0.15) is 0 Å². The largest absolute Gasteiger partial charge is 0.467 e. The normalized spacial score (nSPS) is 10.7. The van der Waals surface area contributed by atoms with E-state index in [1.807, 2.05) is 16.7 Å². The van der Waals surface area contributed by atoms with Crippen molar-refractivity contribution in [3.8, 4) is 11.3 Å². The molecule has 7 heteroatoms. The molecule has 3 rings (SSSR count). The number of nitrogens with one attached hydrogen (secondary N) is 1. The number of imidazole rings is 1. The van der Waals surface area contributed by atoms with Crippen LogP contribution in [0.3, 0.4) is 0 Å². The van der Waals surface area contributed by atoms with Gasteiger partial charge in [-0.05, 0) is 42.0 Å². The van der Waals surface area contributed by atoms with Crippen LogP contribution in [-0.2, 0) is 11.3 Å². The number of carbonyl (C=O) groups excluding carboxylic acids is 1. The summed E-state index contributed by atoms with van der Waals surface area (Å²) in [7, 11) is 0. The Morgan fingerprint density at radius 1 is 1.35 bits per heavy atom. The Balaban J connectivity index is 1.85. The fourth-order valence-corrected chi connectivity index (χ4v) is 3.21. The van der Waals surface area contributed by atoms with E-state index in [-0.39, 0.29) is 17.5 Å². The minimum absolute atomic E-state index is 0.0919. The van der Waals surface area contributed by atoms with Crippen LogP contribution in [0.1, 0.15) is 5.76 Å². The van der Waals surface area contributed by atoms with Crippen LogP contribution in [0.25, 0.3) is 11.3 Å². The molecule has 0 aliphatic heterocycles. The number of thioether (sulfide) groups is 1. The molecule has 0 saturated carbocycles. The number of nitrogens with zero attached hydrogens (tertiary/aromatic N) is 2. The third-order valence-corrected chi connectivity index (χ3v) is 4.62. The van der Waals surface area contributed by atoms with Crippen molar-refractivity contribution in [3.63, 3.8) is 0 Å². The van der Waals surface area contributed by atoms with Crippen molar-refractivity contribution in [2.45, 2.75) is 11.7 Å². The molecule has 0 saturated heterocycles. The van der Waals surface area contributed by atoms with E-state index in [1.165, 1.54) is 23.9 Å². The van der Waals surface area contributed by atoms with Gasteiger partial charge in [0.25, 0.3) is 0 Å². The van der Waals surface area contributed by atoms with Gasteiger partial charge in [-0.25, -0.2) is 9.37 Å². The highest BCUT2D eigenvalue weighted by molar-refractivity contribution is 7.99. The first-order chi connectivity index (χ1) is 12.7. The fraction of sp³-hybridized carbons (Fsp3) is 0.158. The number of carbonyl (C=O) groups is 1. The van der Waals surface area contributed by atoms with Crippen LogP contribution in [0.5, 0.6) is 0 Å². The molecule has 1 amide bonds. The zero-order valence-electron chi connectivity index (χ0n) is 14.0. The Labute approximate surface area is 154 Å². The minimum Gasteiger partial charge on any atom is -0.467 e. The molecule has 0 bridgehead atoms. The van der Waals surface area contributed by atoms with Crippen LogP contribution < -0.4 is 5.32 Å². The summed E-state index contributed by atoms with van der Waals surface area (Å²) in [4.78, 5) is 16.3. The second-order valence-electron chi connectivity index (χ2n) is 5.48. The van der Waals surface area contributed by atoms with E-state index in [9.17, 15) is 9.18 Å². The molecule has 0 spiro atoms. The average Bonchev–Trinajstić information content (AvgIpc) is 3.29. The third-order valence-electron chi connectivity index (χ3n) is 3.63. The van der Waals surface area contributed by atoms with Gasteiger partial charge in [-0.15, -0.1) is 6.58 Å². The van der Waals surface area contributed by atoms with Gasteiger partial charge in [0, 0.05) is 6.54 Å². The highest BCUT2D eigenvalue weighted by atomic mass is 32.2. The lowest BCUT2D eigenvalue weighted by Crippen LogP contribution is -2.25. The first kappa shape index (κ1) is 18.0. The first-order valence-corrected chi connectivity index (χ1v) is 9.00. The molecular weight excluding hydrogens is 353 g/mol. The van der Waals surface area contributed by atoms with E-state index < -0.39 is 0 Å². The van der Waals surface area contributed by atoms with Gasteiger partial charge in [0.1, 0.15) is 11.6 Å². The number of benzene rings is 1. The van der Waals surface area contributed by atoms with E-state index in [4.69, 9.17) is 4.42 Å². The highest BCUT2D eigenvalue weighted by Crippen LogP contribution is 2.27. The third kappa shape index (κ3) is 4.43. The summed E-state index contributed by atoms with van der Waals surface area (Å²) in [5, 5.41) is 3.43. The monoisotopic (exact) mass is 371 g/mol. The predicted octanol–water partition coefficient (Wildman–Crippen LogP) is 3.72. The SMILES string of the molecule is C=CCNC(=O)CSc1ncc(-c2ccc(F)cc2)n1Cc1ccco1. The number of halogens is 1. The van der Waals surface area contributed by atoms with Crippen molar-refractivity contribution >= 4 is 17.7 Å². The summed E-state index contributed by atoms with van der Waals surface area (Å²) < 4.78 is 20.6. The zero-order valence-corrected chi connectivity index (χ0v) is 14.8. The predicted molar refractivity (Wildman–Crippen MR) is 99.4 cm³/mol. The molecular formula is C19H18FN3O2S. The number of amides is 1. The molecule has 26 heavy (non-hydrogen) atoms. The Morgan fingerprint density at radius 3 is 2.85 bits per heavy atom. The Morgan fingerprint density at radius 2 is 2.15 bits per heavy atom. The van der Waals surface area contributed by atoms with Gasteiger partial charge >= 0.3 is 0 Å². The first-order valence-electron chi connectivity index (χ1n) is 8.01. The van der Waals surface area contributed by atoms with Crippen molar-refractivity contribution in [1.29, 1.82) is 0 Å². The lowest BCUT2D eigenvalue weighted by molar-refractivity contribution is -0.118. The molecule has 1 N–H and O–H groups in total. The number of rotatable bonds is 8. The molecule has 0 aliphatic carbocycles. The van der Waals surface area contributed by atoms with Crippen molar-refractivity contribution in [1.82, 2.24) is 14.9 Å². The molecule has 1 aromatic carbocycles. The van der Waals surface area contributed by atoms with Crippen LogP contribution >= 0.6 is 11.8 Å². The quantitative estimate of drug-likeness (QED) is 0.484. The Bertz CT molecular complexity index is 873. The Hall–Kier alpha value is -2.80. The van der Waals surface area contributed by atoms with Crippen LogP contribution in [0.15, 0.2) is 71.1 Å². The smallest absolute Gasteiger partial charge is 0.230 e. The second-order valence-corrected chi connectivity index (χ2v) is 6.42. The summed E-state index contributed by atoms with van der Waals surface area (Å²) >= 11 is 1.34. The van der Waals surface area contributed by atoms with Gasteiger partial charge in [-0.1, -0.05) is 17.8 Å². The summed E-state index contributed by atoms with van der Waals surface area (Å²) in [6.45, 7) is 4.47. The van der Waals surface area contributed by atoms with Gasteiger partial charge in [-0.3, -0.25) is 4.79 Å². The number of hydrogen-bond acceptors (Lipinski definition) is 4. The molecule has 134 valence electrons. The molecule has 0 radical (unpaired) electrons. The summed E-state index contributed by atoms with van der Waals surface area (Å²) in [6, 6.07) is 9.93.